The second kappa shape index (κ2) is 7.28. The molecule has 6 heteroatoms. The Morgan fingerprint density at radius 3 is 2.91 bits per heavy atom. The molecule has 1 fully saturated rings. The third kappa shape index (κ3) is 4.32. The van der Waals surface area contributed by atoms with Crippen LogP contribution in [0.25, 0.3) is 5.69 Å². The number of carbonyl (C=O) groups excluding carboxylic acids is 1. The van der Waals surface area contributed by atoms with Crippen molar-refractivity contribution < 1.29 is 9.90 Å². The predicted octanol–water partition coefficient (Wildman–Crippen LogP) is 2.54. The number of hydrogen-bond acceptors (Lipinski definition) is 3. The third-order valence-corrected chi connectivity index (χ3v) is 4.17. The summed E-state index contributed by atoms with van der Waals surface area (Å²) >= 11 is 0. The molecule has 2 aromatic rings. The molecule has 1 aromatic heterocycles. The predicted molar refractivity (Wildman–Crippen MR) is 88.6 cm³/mol. The molecule has 2 amide bonds. The van der Waals surface area contributed by atoms with E-state index in [1.165, 1.54) is 0 Å². The Hall–Kier alpha value is -2.34. The molecule has 1 saturated carbocycles. The summed E-state index contributed by atoms with van der Waals surface area (Å²) in [6.45, 7) is 0.593. The van der Waals surface area contributed by atoms with Gasteiger partial charge >= 0.3 is 6.03 Å². The van der Waals surface area contributed by atoms with Crippen LogP contribution >= 0.6 is 0 Å². The van der Waals surface area contributed by atoms with Crippen molar-refractivity contribution in [2.45, 2.75) is 31.8 Å². The average molecular weight is 314 g/mol. The number of rotatable bonds is 4. The zero-order valence-electron chi connectivity index (χ0n) is 13.0. The highest BCUT2D eigenvalue weighted by Crippen LogP contribution is 2.23. The Kier molecular flexibility index (Phi) is 4.92. The van der Waals surface area contributed by atoms with Gasteiger partial charge in [0.05, 0.1) is 29.9 Å². The molecule has 0 aliphatic heterocycles. The summed E-state index contributed by atoms with van der Waals surface area (Å²) < 4.78 is 1.72. The molecule has 0 bridgehead atoms. The number of urea groups is 1. The summed E-state index contributed by atoms with van der Waals surface area (Å²) in [5.41, 5.74) is 1.59. The number of hydrogen-bond donors (Lipinski definition) is 3. The molecule has 2 atom stereocenters. The first-order chi connectivity index (χ1) is 11.2. The second-order valence-electron chi connectivity index (χ2n) is 6.03. The molecule has 6 nitrogen and oxygen atoms in total. The summed E-state index contributed by atoms with van der Waals surface area (Å²) in [5, 5.41) is 19.6. The number of aliphatic hydroxyl groups is 1. The standard InChI is InChI=1S/C17H22N4O2/c22-16-8-4-5-13(9-16)10-18-17(23)20-14-11-19-21(12-14)15-6-2-1-3-7-15/h1-3,6-7,11-13,16,22H,4-5,8-10H2,(H2,18,20,23). The summed E-state index contributed by atoms with van der Waals surface area (Å²) in [7, 11) is 0. The van der Waals surface area contributed by atoms with E-state index in [0.29, 0.717) is 18.2 Å². The fraction of sp³-hybridized carbons (Fsp3) is 0.412. The van der Waals surface area contributed by atoms with Crippen LogP contribution in [0.3, 0.4) is 0 Å². The lowest BCUT2D eigenvalue weighted by molar-refractivity contribution is 0.101. The van der Waals surface area contributed by atoms with E-state index >= 15 is 0 Å². The van der Waals surface area contributed by atoms with Gasteiger partial charge in [0.15, 0.2) is 0 Å². The van der Waals surface area contributed by atoms with Gasteiger partial charge in [-0.25, -0.2) is 9.48 Å². The fourth-order valence-corrected chi connectivity index (χ4v) is 2.97. The smallest absolute Gasteiger partial charge is 0.319 e. The SMILES string of the molecule is O=C(NCC1CCCC(O)C1)Nc1cnn(-c2ccccc2)c1. The van der Waals surface area contributed by atoms with Crippen molar-refractivity contribution in [3.05, 3.63) is 42.7 Å². The largest absolute Gasteiger partial charge is 0.393 e. The number of para-hydroxylation sites is 1. The van der Waals surface area contributed by atoms with Crippen LogP contribution in [0.1, 0.15) is 25.7 Å². The van der Waals surface area contributed by atoms with Crippen molar-refractivity contribution in [1.82, 2.24) is 15.1 Å². The van der Waals surface area contributed by atoms with Gasteiger partial charge < -0.3 is 15.7 Å². The second-order valence-corrected chi connectivity index (χ2v) is 6.03. The lowest BCUT2D eigenvalue weighted by Gasteiger charge is -2.25. The lowest BCUT2D eigenvalue weighted by atomic mass is 9.87. The minimum Gasteiger partial charge on any atom is -0.393 e. The molecule has 1 aromatic carbocycles. The highest BCUT2D eigenvalue weighted by Gasteiger charge is 2.20. The van der Waals surface area contributed by atoms with Crippen molar-refractivity contribution in [3.8, 4) is 5.69 Å². The summed E-state index contributed by atoms with van der Waals surface area (Å²) in [4.78, 5) is 12.0. The van der Waals surface area contributed by atoms with Gasteiger partial charge in [-0.3, -0.25) is 0 Å². The minimum atomic E-state index is -0.238. The quantitative estimate of drug-likeness (QED) is 0.811. The average Bonchev–Trinajstić information content (AvgIpc) is 3.02. The highest BCUT2D eigenvalue weighted by molar-refractivity contribution is 5.88. The van der Waals surface area contributed by atoms with Gasteiger partial charge in [0.25, 0.3) is 0 Å². The number of aliphatic hydroxyl groups excluding tert-OH is 1. The van der Waals surface area contributed by atoms with E-state index in [2.05, 4.69) is 15.7 Å². The number of benzene rings is 1. The first kappa shape index (κ1) is 15.6. The molecule has 0 saturated heterocycles. The molecule has 3 N–H and O–H groups in total. The van der Waals surface area contributed by atoms with E-state index in [0.717, 1.165) is 31.4 Å². The molecular formula is C17H22N4O2. The van der Waals surface area contributed by atoms with Crippen LogP contribution < -0.4 is 10.6 Å². The van der Waals surface area contributed by atoms with Crippen LogP contribution in [0.5, 0.6) is 0 Å². The number of anilines is 1. The Morgan fingerprint density at radius 1 is 1.30 bits per heavy atom. The maximum Gasteiger partial charge on any atom is 0.319 e. The monoisotopic (exact) mass is 314 g/mol. The van der Waals surface area contributed by atoms with Gasteiger partial charge in [0.2, 0.25) is 0 Å². The number of aromatic nitrogens is 2. The molecule has 2 unspecified atom stereocenters. The van der Waals surface area contributed by atoms with E-state index in [4.69, 9.17) is 0 Å². The number of nitrogens with zero attached hydrogens (tertiary/aromatic N) is 2. The van der Waals surface area contributed by atoms with Gasteiger partial charge in [-0.15, -0.1) is 0 Å². The molecular weight excluding hydrogens is 292 g/mol. The zero-order valence-corrected chi connectivity index (χ0v) is 13.0. The van der Waals surface area contributed by atoms with Crippen molar-refractivity contribution >= 4 is 11.7 Å². The van der Waals surface area contributed by atoms with Crippen LogP contribution in [0, 0.1) is 5.92 Å². The van der Waals surface area contributed by atoms with Gasteiger partial charge in [-0.05, 0) is 37.3 Å². The first-order valence-electron chi connectivity index (χ1n) is 8.04. The molecule has 23 heavy (non-hydrogen) atoms. The minimum absolute atomic E-state index is 0.220. The summed E-state index contributed by atoms with van der Waals surface area (Å²) in [6, 6.07) is 9.49. The number of carbonyl (C=O) groups is 1. The number of nitrogens with one attached hydrogen (secondary N) is 2. The Bertz CT molecular complexity index is 641. The van der Waals surface area contributed by atoms with E-state index in [9.17, 15) is 9.90 Å². The molecule has 0 spiro atoms. The third-order valence-electron chi connectivity index (χ3n) is 4.17. The normalized spacial score (nSPS) is 20.9. The van der Waals surface area contributed by atoms with Gasteiger partial charge in [-0.2, -0.15) is 5.10 Å². The zero-order chi connectivity index (χ0) is 16.1. The van der Waals surface area contributed by atoms with Gasteiger partial charge in [0.1, 0.15) is 0 Å². The Balaban J connectivity index is 1.49. The van der Waals surface area contributed by atoms with E-state index in [1.807, 2.05) is 30.3 Å². The van der Waals surface area contributed by atoms with Crippen molar-refractivity contribution in [2.24, 2.45) is 5.92 Å². The van der Waals surface area contributed by atoms with Crippen LogP contribution in [0.15, 0.2) is 42.7 Å². The molecule has 1 heterocycles. The fourth-order valence-electron chi connectivity index (χ4n) is 2.97. The van der Waals surface area contributed by atoms with Crippen LogP contribution in [-0.4, -0.2) is 33.6 Å². The van der Waals surface area contributed by atoms with Gasteiger partial charge in [0, 0.05) is 6.54 Å². The molecule has 1 aliphatic carbocycles. The maximum absolute atomic E-state index is 12.0. The lowest BCUT2D eigenvalue weighted by Crippen LogP contribution is -2.35. The molecule has 0 radical (unpaired) electrons. The van der Waals surface area contributed by atoms with Crippen molar-refractivity contribution in [1.29, 1.82) is 0 Å². The Labute approximate surface area is 135 Å². The summed E-state index contributed by atoms with van der Waals surface area (Å²) in [6.07, 6.45) is 6.91. The molecule has 3 rings (SSSR count). The number of amides is 2. The van der Waals surface area contributed by atoms with Crippen LogP contribution in [-0.2, 0) is 0 Å². The highest BCUT2D eigenvalue weighted by atomic mass is 16.3. The summed E-state index contributed by atoms with van der Waals surface area (Å²) in [5.74, 6) is 0.358. The molecule has 122 valence electrons. The van der Waals surface area contributed by atoms with E-state index < -0.39 is 0 Å². The van der Waals surface area contributed by atoms with E-state index in [-0.39, 0.29) is 12.1 Å². The van der Waals surface area contributed by atoms with Gasteiger partial charge in [-0.1, -0.05) is 24.6 Å². The van der Waals surface area contributed by atoms with Crippen molar-refractivity contribution in [2.75, 3.05) is 11.9 Å². The first-order valence-corrected chi connectivity index (χ1v) is 8.04. The topological polar surface area (TPSA) is 79.2 Å². The molecule has 1 aliphatic rings. The van der Waals surface area contributed by atoms with Crippen LogP contribution in [0.4, 0.5) is 10.5 Å². The maximum atomic E-state index is 12.0. The van der Waals surface area contributed by atoms with Crippen molar-refractivity contribution in [3.63, 3.8) is 0 Å². The Morgan fingerprint density at radius 2 is 2.13 bits per heavy atom. The van der Waals surface area contributed by atoms with E-state index in [1.54, 1.807) is 17.1 Å². The van der Waals surface area contributed by atoms with Crippen LogP contribution in [0.2, 0.25) is 0 Å².